The van der Waals surface area contributed by atoms with Crippen molar-refractivity contribution in [2.45, 2.75) is 76.7 Å². The first-order valence-corrected chi connectivity index (χ1v) is 8.41. The lowest BCUT2D eigenvalue weighted by Crippen LogP contribution is -2.28. The van der Waals surface area contributed by atoms with Crippen LogP contribution in [0.25, 0.3) is 0 Å². The van der Waals surface area contributed by atoms with Gasteiger partial charge in [-0.2, -0.15) is 0 Å². The lowest BCUT2D eigenvalue weighted by Gasteiger charge is -2.26. The molecule has 2 heteroatoms. The molecular formula is C18H30N2. The average molecular weight is 274 g/mol. The second kappa shape index (κ2) is 8.43. The fourth-order valence-corrected chi connectivity index (χ4v) is 3.04. The van der Waals surface area contributed by atoms with Crippen LogP contribution in [0.2, 0.25) is 0 Å². The van der Waals surface area contributed by atoms with Gasteiger partial charge in [-0.3, -0.25) is 11.3 Å². The van der Waals surface area contributed by atoms with E-state index in [4.69, 9.17) is 5.84 Å². The van der Waals surface area contributed by atoms with E-state index < -0.39 is 0 Å². The molecule has 0 heterocycles. The minimum atomic E-state index is 0.312. The molecule has 1 aromatic carbocycles. The van der Waals surface area contributed by atoms with Crippen LogP contribution in [0.5, 0.6) is 0 Å². The van der Waals surface area contributed by atoms with Crippen LogP contribution in [0.1, 0.15) is 87.8 Å². The summed E-state index contributed by atoms with van der Waals surface area (Å²) in [6, 6.07) is 9.46. The SMILES string of the molecule is CCCCCCCC(NN)c1ccc(C2CCC2)cc1. The second-order valence-electron chi connectivity index (χ2n) is 6.22. The number of nitrogens with one attached hydrogen (secondary N) is 1. The van der Waals surface area contributed by atoms with Gasteiger partial charge in [0.25, 0.3) is 0 Å². The van der Waals surface area contributed by atoms with Crippen LogP contribution in [-0.4, -0.2) is 0 Å². The first-order chi connectivity index (χ1) is 9.85. The predicted octanol–water partition coefficient (Wildman–Crippen LogP) is 4.82. The topological polar surface area (TPSA) is 38.0 Å². The normalized spacial score (nSPS) is 16.9. The second-order valence-corrected chi connectivity index (χ2v) is 6.22. The van der Waals surface area contributed by atoms with Crippen molar-refractivity contribution in [2.24, 2.45) is 5.84 Å². The van der Waals surface area contributed by atoms with Crippen LogP contribution in [-0.2, 0) is 0 Å². The van der Waals surface area contributed by atoms with Crippen LogP contribution in [0.3, 0.4) is 0 Å². The molecule has 0 spiro atoms. The number of benzene rings is 1. The smallest absolute Gasteiger partial charge is 0.0460 e. The number of unbranched alkanes of at least 4 members (excludes halogenated alkanes) is 4. The Labute approximate surface area is 124 Å². The van der Waals surface area contributed by atoms with Crippen molar-refractivity contribution in [2.75, 3.05) is 0 Å². The third kappa shape index (κ3) is 4.32. The van der Waals surface area contributed by atoms with Gasteiger partial charge in [0.2, 0.25) is 0 Å². The van der Waals surface area contributed by atoms with E-state index in [9.17, 15) is 0 Å². The molecule has 3 N–H and O–H groups in total. The zero-order chi connectivity index (χ0) is 14.2. The van der Waals surface area contributed by atoms with Gasteiger partial charge in [0, 0.05) is 6.04 Å². The molecule has 2 nitrogen and oxygen atoms in total. The number of hydrazine groups is 1. The molecule has 112 valence electrons. The third-order valence-electron chi connectivity index (χ3n) is 4.71. The van der Waals surface area contributed by atoms with Gasteiger partial charge in [0.1, 0.15) is 0 Å². The monoisotopic (exact) mass is 274 g/mol. The molecule has 2 rings (SSSR count). The molecule has 20 heavy (non-hydrogen) atoms. The third-order valence-corrected chi connectivity index (χ3v) is 4.71. The van der Waals surface area contributed by atoms with E-state index in [1.54, 1.807) is 0 Å². The van der Waals surface area contributed by atoms with Gasteiger partial charge in [0.05, 0.1) is 0 Å². The molecular weight excluding hydrogens is 244 g/mol. The van der Waals surface area contributed by atoms with Gasteiger partial charge in [-0.05, 0) is 36.3 Å². The highest BCUT2D eigenvalue weighted by atomic mass is 15.2. The van der Waals surface area contributed by atoms with Gasteiger partial charge in [-0.25, -0.2) is 0 Å². The average Bonchev–Trinajstić information content (AvgIpc) is 2.42. The van der Waals surface area contributed by atoms with Crippen molar-refractivity contribution >= 4 is 0 Å². The summed E-state index contributed by atoms with van der Waals surface area (Å²) in [5.41, 5.74) is 5.84. The number of hydrogen-bond donors (Lipinski definition) is 2. The van der Waals surface area contributed by atoms with Crippen molar-refractivity contribution < 1.29 is 0 Å². The van der Waals surface area contributed by atoms with Gasteiger partial charge >= 0.3 is 0 Å². The molecule has 1 unspecified atom stereocenters. The number of nitrogens with two attached hydrogens (primary N) is 1. The van der Waals surface area contributed by atoms with Crippen LogP contribution >= 0.6 is 0 Å². The molecule has 0 radical (unpaired) electrons. The molecule has 1 fully saturated rings. The van der Waals surface area contributed by atoms with Crippen LogP contribution < -0.4 is 11.3 Å². The van der Waals surface area contributed by atoms with Crippen LogP contribution in [0.4, 0.5) is 0 Å². The first kappa shape index (κ1) is 15.5. The molecule has 1 aliphatic rings. The zero-order valence-corrected chi connectivity index (χ0v) is 12.9. The summed E-state index contributed by atoms with van der Waals surface area (Å²) in [5, 5.41) is 0. The van der Waals surface area contributed by atoms with E-state index >= 15 is 0 Å². The first-order valence-electron chi connectivity index (χ1n) is 8.41. The van der Waals surface area contributed by atoms with E-state index in [-0.39, 0.29) is 0 Å². The molecule has 0 amide bonds. The predicted molar refractivity (Wildman–Crippen MR) is 86.5 cm³/mol. The minimum absolute atomic E-state index is 0.312. The fourth-order valence-electron chi connectivity index (χ4n) is 3.04. The van der Waals surface area contributed by atoms with Gasteiger partial charge in [-0.1, -0.05) is 69.7 Å². The Hall–Kier alpha value is -0.860. The summed E-state index contributed by atoms with van der Waals surface area (Å²) in [6.07, 6.45) is 11.9. The maximum absolute atomic E-state index is 5.73. The Kier molecular flexibility index (Phi) is 6.55. The zero-order valence-electron chi connectivity index (χ0n) is 12.9. The summed E-state index contributed by atoms with van der Waals surface area (Å²) in [4.78, 5) is 0. The molecule has 0 aliphatic heterocycles. The molecule has 1 aromatic rings. The number of hydrogen-bond acceptors (Lipinski definition) is 2. The summed E-state index contributed by atoms with van der Waals surface area (Å²) in [6.45, 7) is 2.26. The maximum Gasteiger partial charge on any atom is 0.0460 e. The van der Waals surface area contributed by atoms with E-state index in [2.05, 4.69) is 36.6 Å². The van der Waals surface area contributed by atoms with Crippen molar-refractivity contribution in [3.63, 3.8) is 0 Å². The Morgan fingerprint density at radius 1 is 1.10 bits per heavy atom. The van der Waals surface area contributed by atoms with Gasteiger partial charge < -0.3 is 0 Å². The highest BCUT2D eigenvalue weighted by molar-refractivity contribution is 5.28. The molecule has 0 bridgehead atoms. The van der Waals surface area contributed by atoms with Crippen molar-refractivity contribution in [3.8, 4) is 0 Å². The van der Waals surface area contributed by atoms with Crippen molar-refractivity contribution in [1.82, 2.24) is 5.43 Å². The van der Waals surface area contributed by atoms with Crippen LogP contribution in [0, 0.1) is 0 Å². The molecule has 1 atom stereocenters. The molecule has 0 saturated heterocycles. The lowest BCUT2D eigenvalue weighted by atomic mass is 9.80. The summed E-state index contributed by atoms with van der Waals surface area (Å²) >= 11 is 0. The summed E-state index contributed by atoms with van der Waals surface area (Å²) < 4.78 is 0. The Bertz CT molecular complexity index is 368. The van der Waals surface area contributed by atoms with E-state index in [0.29, 0.717) is 6.04 Å². The molecule has 1 saturated carbocycles. The van der Waals surface area contributed by atoms with Crippen LogP contribution in [0.15, 0.2) is 24.3 Å². The lowest BCUT2D eigenvalue weighted by molar-refractivity contribution is 0.419. The summed E-state index contributed by atoms with van der Waals surface area (Å²) in [7, 11) is 0. The Balaban J connectivity index is 1.80. The van der Waals surface area contributed by atoms with Crippen molar-refractivity contribution in [1.29, 1.82) is 0 Å². The highest BCUT2D eigenvalue weighted by Gasteiger charge is 2.19. The molecule has 1 aliphatic carbocycles. The maximum atomic E-state index is 5.73. The van der Waals surface area contributed by atoms with Gasteiger partial charge in [0.15, 0.2) is 0 Å². The fraction of sp³-hybridized carbons (Fsp3) is 0.667. The molecule has 0 aromatic heterocycles. The van der Waals surface area contributed by atoms with Crippen molar-refractivity contribution in [3.05, 3.63) is 35.4 Å². The quantitative estimate of drug-likeness (QED) is 0.385. The Morgan fingerprint density at radius 2 is 1.80 bits per heavy atom. The van der Waals surface area contributed by atoms with E-state index in [1.165, 1.54) is 62.5 Å². The summed E-state index contributed by atoms with van der Waals surface area (Å²) in [5.74, 6) is 6.55. The van der Waals surface area contributed by atoms with E-state index in [1.807, 2.05) is 0 Å². The highest BCUT2D eigenvalue weighted by Crippen LogP contribution is 2.36. The standard InChI is InChI=1S/C18H30N2/c1-2-3-4-5-6-10-18(20-19)17-13-11-16(12-14-17)15-8-7-9-15/h11-15,18,20H,2-10,19H2,1H3. The minimum Gasteiger partial charge on any atom is -0.271 e. The van der Waals surface area contributed by atoms with E-state index in [0.717, 1.165) is 12.3 Å². The Morgan fingerprint density at radius 3 is 2.35 bits per heavy atom. The largest absolute Gasteiger partial charge is 0.271 e. The van der Waals surface area contributed by atoms with Gasteiger partial charge in [-0.15, -0.1) is 0 Å². The number of rotatable bonds is 9.